The van der Waals surface area contributed by atoms with E-state index in [-0.39, 0.29) is 19.0 Å². The Kier molecular flexibility index (Phi) is 6.42. The van der Waals surface area contributed by atoms with Crippen LogP contribution in [0.3, 0.4) is 0 Å². The van der Waals surface area contributed by atoms with Crippen LogP contribution in [0.5, 0.6) is 0 Å². The van der Waals surface area contributed by atoms with Gasteiger partial charge in [-0.3, -0.25) is 0 Å². The van der Waals surface area contributed by atoms with E-state index in [1.807, 2.05) is 54.6 Å². The van der Waals surface area contributed by atoms with Gasteiger partial charge in [-0.1, -0.05) is 91.0 Å². The molecule has 4 rings (SSSR count). The maximum Gasteiger partial charge on any atom is 0.378 e. The highest BCUT2D eigenvalue weighted by atomic mass is 16.5. The molecule has 0 radical (unpaired) electrons. The number of rotatable bonds is 8. The van der Waals surface area contributed by atoms with E-state index in [1.165, 1.54) is 0 Å². The van der Waals surface area contributed by atoms with E-state index in [0.29, 0.717) is 5.82 Å². The van der Waals surface area contributed by atoms with Gasteiger partial charge in [-0.15, -0.1) is 5.10 Å². The maximum absolute atomic E-state index is 12.5. The molecule has 32 heavy (non-hydrogen) atoms. The van der Waals surface area contributed by atoms with Crippen molar-refractivity contribution in [1.29, 1.82) is 0 Å². The highest BCUT2D eigenvalue weighted by molar-refractivity contribution is 5.85. The lowest BCUT2D eigenvalue weighted by Crippen LogP contribution is -2.40. The number of methoxy groups -OCH3 is 1. The van der Waals surface area contributed by atoms with E-state index in [1.54, 1.807) is 18.7 Å². The van der Waals surface area contributed by atoms with Crippen molar-refractivity contribution in [2.75, 3.05) is 13.7 Å². The molecule has 1 aromatic heterocycles. The summed E-state index contributed by atoms with van der Waals surface area (Å²) in [4.78, 5) is 17.1. The van der Waals surface area contributed by atoms with Gasteiger partial charge in [0, 0.05) is 7.11 Å². The van der Waals surface area contributed by atoms with Gasteiger partial charge in [0.1, 0.15) is 12.1 Å². The third-order valence-corrected chi connectivity index (χ3v) is 5.30. The average molecular weight is 428 g/mol. The van der Waals surface area contributed by atoms with Crippen LogP contribution >= 0.6 is 0 Å². The highest BCUT2D eigenvalue weighted by Crippen LogP contribution is 2.41. The summed E-state index contributed by atoms with van der Waals surface area (Å²) in [5, 5.41) is 4.70. The van der Waals surface area contributed by atoms with Crippen LogP contribution in [0.4, 0.5) is 0 Å². The summed E-state index contributed by atoms with van der Waals surface area (Å²) >= 11 is 0. The van der Waals surface area contributed by atoms with Crippen molar-refractivity contribution < 1.29 is 14.3 Å². The summed E-state index contributed by atoms with van der Waals surface area (Å²) in [7, 11) is 1.60. The maximum atomic E-state index is 12.5. The lowest BCUT2D eigenvalue weighted by molar-refractivity contribution is 0.0511. The second kappa shape index (κ2) is 9.58. The van der Waals surface area contributed by atoms with Crippen molar-refractivity contribution in [2.24, 2.45) is 0 Å². The van der Waals surface area contributed by atoms with Crippen molar-refractivity contribution >= 4 is 5.97 Å². The number of carbonyl (C=O) groups excluding carboxylic acids is 1. The fraction of sp³-hybridized carbons (Fsp3) is 0.192. The molecule has 4 aromatic rings. The molecule has 6 heteroatoms. The Morgan fingerprint density at radius 2 is 1.31 bits per heavy atom. The molecule has 0 saturated heterocycles. The topological polar surface area (TPSA) is 66.2 Å². The Hall–Kier alpha value is -3.77. The molecule has 0 aliphatic carbocycles. The third-order valence-electron chi connectivity index (χ3n) is 5.30. The fourth-order valence-electron chi connectivity index (χ4n) is 4.02. The quantitative estimate of drug-likeness (QED) is 0.307. The number of ether oxygens (including phenoxy) is 2. The first-order valence-electron chi connectivity index (χ1n) is 10.5. The van der Waals surface area contributed by atoms with Gasteiger partial charge in [0.15, 0.2) is 5.82 Å². The van der Waals surface area contributed by atoms with Gasteiger partial charge in [0.05, 0.1) is 6.61 Å². The number of nitrogens with zero attached hydrogens (tertiary/aromatic N) is 3. The lowest BCUT2D eigenvalue weighted by atomic mass is 9.77. The van der Waals surface area contributed by atoms with Crippen molar-refractivity contribution in [2.45, 2.75) is 19.1 Å². The smallest absolute Gasteiger partial charge is 0.378 e. The van der Waals surface area contributed by atoms with Crippen LogP contribution in [0.25, 0.3) is 0 Å². The van der Waals surface area contributed by atoms with Crippen molar-refractivity contribution in [3.05, 3.63) is 119 Å². The molecule has 0 bridgehead atoms. The van der Waals surface area contributed by atoms with Gasteiger partial charge in [-0.25, -0.2) is 14.5 Å². The minimum Gasteiger partial charge on any atom is -0.460 e. The molecule has 0 spiro atoms. The second-order valence-electron chi connectivity index (χ2n) is 7.23. The van der Waals surface area contributed by atoms with E-state index < -0.39 is 11.5 Å². The molecule has 0 saturated carbocycles. The normalized spacial score (nSPS) is 11.3. The summed E-state index contributed by atoms with van der Waals surface area (Å²) in [6.07, 6.45) is 0. The van der Waals surface area contributed by atoms with E-state index in [2.05, 4.69) is 41.4 Å². The molecule has 3 aromatic carbocycles. The van der Waals surface area contributed by atoms with Gasteiger partial charge in [-0.05, 0) is 23.6 Å². The molecular weight excluding hydrogens is 402 g/mol. The summed E-state index contributed by atoms with van der Waals surface area (Å²) in [6, 6.07) is 30.3. The molecule has 0 aliphatic heterocycles. The standard InChI is InChI=1S/C26H25N3O3/c1-3-32-25(30)24-27-23(19-31-2)29(28-24)26(20-13-7-4-8-14-20,21-15-9-5-10-16-21)22-17-11-6-12-18-22/h4-18H,3,19H2,1-2H3. The fourth-order valence-corrected chi connectivity index (χ4v) is 4.02. The Labute approximate surface area is 187 Å². The number of hydrogen-bond donors (Lipinski definition) is 0. The van der Waals surface area contributed by atoms with Crippen LogP contribution in [0.1, 0.15) is 40.1 Å². The van der Waals surface area contributed by atoms with Crippen LogP contribution in [-0.2, 0) is 21.6 Å². The van der Waals surface area contributed by atoms with Gasteiger partial charge < -0.3 is 9.47 Å². The Morgan fingerprint density at radius 3 is 1.72 bits per heavy atom. The van der Waals surface area contributed by atoms with Crippen LogP contribution in [0.2, 0.25) is 0 Å². The van der Waals surface area contributed by atoms with Crippen LogP contribution < -0.4 is 0 Å². The zero-order valence-corrected chi connectivity index (χ0v) is 18.1. The zero-order chi connectivity index (χ0) is 22.4. The van der Waals surface area contributed by atoms with Gasteiger partial charge in [0.25, 0.3) is 5.82 Å². The monoisotopic (exact) mass is 427 g/mol. The Bertz CT molecular complexity index is 1060. The van der Waals surface area contributed by atoms with Crippen molar-refractivity contribution in [1.82, 2.24) is 14.8 Å². The van der Waals surface area contributed by atoms with Gasteiger partial charge in [0.2, 0.25) is 0 Å². The van der Waals surface area contributed by atoms with Gasteiger partial charge in [-0.2, -0.15) is 0 Å². The number of benzene rings is 3. The first-order chi connectivity index (χ1) is 15.7. The third kappa shape index (κ3) is 3.81. The molecule has 0 aliphatic rings. The summed E-state index contributed by atoms with van der Waals surface area (Å²) in [5.74, 6) is -0.0372. The first-order valence-corrected chi connectivity index (χ1v) is 10.5. The van der Waals surface area contributed by atoms with Crippen molar-refractivity contribution in [3.63, 3.8) is 0 Å². The van der Waals surface area contributed by atoms with Crippen LogP contribution in [0, 0.1) is 0 Å². The zero-order valence-electron chi connectivity index (χ0n) is 18.1. The minimum absolute atomic E-state index is 0.00562. The van der Waals surface area contributed by atoms with Gasteiger partial charge >= 0.3 is 5.97 Å². The summed E-state index contributed by atoms with van der Waals surface area (Å²) in [5.41, 5.74) is 2.07. The van der Waals surface area contributed by atoms with Crippen LogP contribution in [-0.4, -0.2) is 34.5 Å². The highest BCUT2D eigenvalue weighted by Gasteiger charge is 2.42. The number of carbonyl (C=O) groups is 1. The predicted molar refractivity (Wildman–Crippen MR) is 121 cm³/mol. The van der Waals surface area contributed by atoms with E-state index >= 15 is 0 Å². The minimum atomic E-state index is -0.880. The molecular formula is C26H25N3O3. The predicted octanol–water partition coefficient (Wildman–Crippen LogP) is 4.44. The van der Waals surface area contributed by atoms with E-state index in [4.69, 9.17) is 14.6 Å². The number of hydrogen-bond acceptors (Lipinski definition) is 5. The molecule has 0 amide bonds. The SMILES string of the molecule is CCOC(=O)c1nc(COC)n(C(c2ccccc2)(c2ccccc2)c2ccccc2)n1. The molecule has 0 unspecified atom stereocenters. The number of esters is 1. The molecule has 162 valence electrons. The van der Waals surface area contributed by atoms with Crippen LogP contribution in [0.15, 0.2) is 91.0 Å². The Balaban J connectivity index is 2.10. The first kappa shape index (κ1) is 21.5. The average Bonchev–Trinajstić information content (AvgIpc) is 3.26. The lowest BCUT2D eigenvalue weighted by Gasteiger charge is -2.37. The second-order valence-corrected chi connectivity index (χ2v) is 7.23. The van der Waals surface area contributed by atoms with E-state index in [0.717, 1.165) is 16.7 Å². The molecule has 0 atom stereocenters. The van der Waals surface area contributed by atoms with Crippen molar-refractivity contribution in [3.8, 4) is 0 Å². The largest absolute Gasteiger partial charge is 0.460 e. The Morgan fingerprint density at radius 1 is 0.844 bits per heavy atom. The summed E-state index contributed by atoms with van der Waals surface area (Å²) in [6.45, 7) is 2.18. The molecule has 0 N–H and O–H groups in total. The molecule has 1 heterocycles. The molecule has 6 nitrogen and oxygen atoms in total. The number of aromatic nitrogens is 3. The summed E-state index contributed by atoms with van der Waals surface area (Å²) < 4.78 is 12.4. The van der Waals surface area contributed by atoms with E-state index in [9.17, 15) is 4.79 Å². The molecule has 0 fully saturated rings.